The second kappa shape index (κ2) is 3.91. The topological polar surface area (TPSA) is 34.1 Å². The van der Waals surface area contributed by atoms with Crippen LogP contribution in [0.4, 0.5) is 0 Å². The van der Waals surface area contributed by atoms with Crippen LogP contribution in [0.15, 0.2) is 0 Å². The number of fused-ring (bicyclic) bond motifs is 3. The van der Waals surface area contributed by atoms with E-state index >= 15 is 0 Å². The van der Waals surface area contributed by atoms with E-state index in [9.17, 15) is 9.59 Å². The number of carbonyl (C=O) groups is 2. The number of carbonyl (C=O) groups excluding carboxylic acids is 2. The first-order valence-corrected chi connectivity index (χ1v) is 7.84. The van der Waals surface area contributed by atoms with E-state index in [1.807, 2.05) is 0 Å². The van der Waals surface area contributed by atoms with E-state index in [0.29, 0.717) is 18.3 Å². The number of hydrogen-bond donors (Lipinski definition) is 0. The van der Waals surface area contributed by atoms with Crippen molar-refractivity contribution in [3.8, 4) is 0 Å². The third kappa shape index (κ3) is 1.35. The van der Waals surface area contributed by atoms with E-state index < -0.39 is 0 Å². The lowest BCUT2D eigenvalue weighted by Crippen LogP contribution is -2.44. The predicted octanol–water partition coefficient (Wildman–Crippen LogP) is 3.00. The van der Waals surface area contributed by atoms with Crippen molar-refractivity contribution in [3.63, 3.8) is 0 Å². The number of hydrogen-bond acceptors (Lipinski definition) is 2. The SMILES string of the molecule is O=C1CC2C3CCCCC3C3CCCC(C1=O)C32. The van der Waals surface area contributed by atoms with Gasteiger partial charge in [0.25, 0.3) is 0 Å². The molecule has 4 saturated carbocycles. The maximum atomic E-state index is 12.1. The molecule has 4 aliphatic carbocycles. The molecule has 0 aliphatic heterocycles. The van der Waals surface area contributed by atoms with Crippen LogP contribution < -0.4 is 0 Å². The Kier molecular flexibility index (Phi) is 2.43. The molecule has 4 rings (SSSR count). The zero-order chi connectivity index (χ0) is 12.3. The molecule has 0 aromatic carbocycles. The van der Waals surface area contributed by atoms with Crippen LogP contribution in [0.25, 0.3) is 0 Å². The van der Waals surface area contributed by atoms with Gasteiger partial charge in [0.15, 0.2) is 5.78 Å². The molecule has 0 N–H and O–H groups in total. The maximum absolute atomic E-state index is 12.1. The highest BCUT2D eigenvalue weighted by molar-refractivity contribution is 6.38. The zero-order valence-electron chi connectivity index (χ0n) is 10.9. The van der Waals surface area contributed by atoms with Crippen LogP contribution in [0.3, 0.4) is 0 Å². The van der Waals surface area contributed by atoms with Crippen molar-refractivity contribution >= 4 is 11.6 Å². The zero-order valence-corrected chi connectivity index (χ0v) is 10.9. The minimum absolute atomic E-state index is 0.000373. The molecule has 0 spiro atoms. The fraction of sp³-hybridized carbons (Fsp3) is 0.875. The largest absolute Gasteiger partial charge is 0.291 e. The van der Waals surface area contributed by atoms with Gasteiger partial charge in [-0.2, -0.15) is 0 Å². The molecule has 4 fully saturated rings. The average molecular weight is 246 g/mol. The normalized spacial score (nSPS) is 50.9. The average Bonchev–Trinajstić information content (AvgIpc) is 2.72. The van der Waals surface area contributed by atoms with Gasteiger partial charge in [-0.1, -0.05) is 19.3 Å². The van der Waals surface area contributed by atoms with Crippen LogP contribution in [0.2, 0.25) is 0 Å². The molecule has 0 amide bonds. The molecule has 0 aromatic heterocycles. The van der Waals surface area contributed by atoms with Crippen molar-refractivity contribution in [2.75, 3.05) is 0 Å². The summed E-state index contributed by atoms with van der Waals surface area (Å²) in [5, 5.41) is 0. The van der Waals surface area contributed by atoms with Crippen LogP contribution in [-0.2, 0) is 9.59 Å². The minimum atomic E-state index is -0.0341. The van der Waals surface area contributed by atoms with Crippen molar-refractivity contribution < 1.29 is 9.59 Å². The van der Waals surface area contributed by atoms with E-state index in [4.69, 9.17) is 0 Å². The number of Topliss-reactive ketones (excluding diaryl/α,β-unsaturated/α-hetero) is 2. The van der Waals surface area contributed by atoms with Gasteiger partial charge in [-0.05, 0) is 55.3 Å². The lowest BCUT2D eigenvalue weighted by Gasteiger charge is -2.40. The van der Waals surface area contributed by atoms with Gasteiger partial charge in [0.2, 0.25) is 5.78 Å². The summed E-state index contributed by atoms with van der Waals surface area (Å²) in [6.07, 6.45) is 9.54. The molecular formula is C16H22O2. The van der Waals surface area contributed by atoms with Crippen molar-refractivity contribution in [2.24, 2.45) is 35.5 Å². The van der Waals surface area contributed by atoms with Crippen LogP contribution >= 0.6 is 0 Å². The van der Waals surface area contributed by atoms with Gasteiger partial charge in [-0.3, -0.25) is 9.59 Å². The molecule has 4 aliphatic rings. The lowest BCUT2D eigenvalue weighted by molar-refractivity contribution is -0.146. The molecular weight excluding hydrogens is 224 g/mol. The summed E-state index contributed by atoms with van der Waals surface area (Å²) < 4.78 is 0. The third-order valence-electron chi connectivity index (χ3n) is 6.51. The maximum Gasteiger partial charge on any atom is 0.201 e. The Bertz CT molecular complexity index is 400. The Morgan fingerprint density at radius 1 is 0.722 bits per heavy atom. The molecule has 2 nitrogen and oxygen atoms in total. The van der Waals surface area contributed by atoms with Crippen molar-refractivity contribution in [1.82, 2.24) is 0 Å². The Morgan fingerprint density at radius 2 is 1.39 bits per heavy atom. The Balaban J connectivity index is 1.73. The van der Waals surface area contributed by atoms with Gasteiger partial charge < -0.3 is 0 Å². The van der Waals surface area contributed by atoms with Gasteiger partial charge in [0, 0.05) is 12.3 Å². The Morgan fingerprint density at radius 3 is 2.17 bits per heavy atom. The van der Waals surface area contributed by atoms with Crippen LogP contribution in [0.1, 0.15) is 51.4 Å². The van der Waals surface area contributed by atoms with Gasteiger partial charge in [-0.15, -0.1) is 0 Å². The second-order valence-corrected chi connectivity index (χ2v) is 7.05. The van der Waals surface area contributed by atoms with Crippen molar-refractivity contribution in [1.29, 1.82) is 0 Å². The van der Waals surface area contributed by atoms with Crippen molar-refractivity contribution in [2.45, 2.75) is 51.4 Å². The van der Waals surface area contributed by atoms with Gasteiger partial charge in [-0.25, -0.2) is 0 Å². The van der Waals surface area contributed by atoms with Gasteiger partial charge >= 0.3 is 0 Å². The highest BCUT2D eigenvalue weighted by Gasteiger charge is 2.58. The fourth-order valence-corrected chi connectivity index (χ4v) is 6.02. The first-order chi connectivity index (χ1) is 8.77. The number of rotatable bonds is 0. The smallest absolute Gasteiger partial charge is 0.201 e. The highest BCUT2D eigenvalue weighted by atomic mass is 16.2. The highest BCUT2D eigenvalue weighted by Crippen LogP contribution is 2.61. The van der Waals surface area contributed by atoms with Gasteiger partial charge in [0.05, 0.1) is 0 Å². The third-order valence-corrected chi connectivity index (χ3v) is 6.51. The quantitative estimate of drug-likeness (QED) is 0.616. The molecule has 0 radical (unpaired) electrons. The summed E-state index contributed by atoms with van der Waals surface area (Å²) in [5.74, 6) is 3.69. The van der Waals surface area contributed by atoms with E-state index in [1.165, 1.54) is 38.5 Å². The monoisotopic (exact) mass is 246 g/mol. The molecule has 6 unspecified atom stereocenters. The minimum Gasteiger partial charge on any atom is -0.291 e. The standard InChI is InChI=1S/C16H22O2/c17-14-8-13-10-5-2-1-4-9(10)11-6-3-7-12(15(11)13)16(14)18/h9-13,15H,1-8H2. The fourth-order valence-electron chi connectivity index (χ4n) is 6.02. The molecule has 0 heterocycles. The van der Waals surface area contributed by atoms with Crippen LogP contribution in [0, 0.1) is 35.5 Å². The van der Waals surface area contributed by atoms with E-state index in [2.05, 4.69) is 0 Å². The van der Waals surface area contributed by atoms with Gasteiger partial charge in [0.1, 0.15) is 0 Å². The first kappa shape index (κ1) is 11.2. The summed E-state index contributed by atoms with van der Waals surface area (Å²) in [6, 6.07) is 0. The molecule has 18 heavy (non-hydrogen) atoms. The molecule has 0 bridgehead atoms. The van der Waals surface area contributed by atoms with Crippen LogP contribution in [-0.4, -0.2) is 11.6 Å². The summed E-state index contributed by atoms with van der Waals surface area (Å²) in [7, 11) is 0. The Hall–Kier alpha value is -0.660. The van der Waals surface area contributed by atoms with E-state index in [-0.39, 0.29) is 17.5 Å². The summed E-state index contributed by atoms with van der Waals surface area (Å²) in [5.41, 5.74) is 0. The molecule has 6 atom stereocenters. The summed E-state index contributed by atoms with van der Waals surface area (Å²) in [4.78, 5) is 24.1. The van der Waals surface area contributed by atoms with E-state index in [1.54, 1.807) is 0 Å². The Labute approximate surface area is 109 Å². The van der Waals surface area contributed by atoms with E-state index in [0.717, 1.165) is 24.2 Å². The molecule has 98 valence electrons. The van der Waals surface area contributed by atoms with Crippen LogP contribution in [0.5, 0.6) is 0 Å². The first-order valence-electron chi connectivity index (χ1n) is 7.84. The number of ketones is 2. The summed E-state index contributed by atoms with van der Waals surface area (Å²) >= 11 is 0. The summed E-state index contributed by atoms with van der Waals surface area (Å²) in [6.45, 7) is 0. The molecule has 2 heteroatoms. The molecule has 0 saturated heterocycles. The molecule has 0 aromatic rings. The lowest BCUT2D eigenvalue weighted by atomic mass is 9.63. The predicted molar refractivity (Wildman–Crippen MR) is 67.9 cm³/mol. The van der Waals surface area contributed by atoms with Crippen molar-refractivity contribution in [3.05, 3.63) is 0 Å². The second-order valence-electron chi connectivity index (χ2n) is 7.05.